The highest BCUT2D eigenvalue weighted by molar-refractivity contribution is 5.36. The monoisotopic (exact) mass is 256 g/mol. The minimum atomic E-state index is 0.425. The van der Waals surface area contributed by atoms with Crippen molar-refractivity contribution in [1.29, 1.82) is 5.26 Å². The summed E-state index contributed by atoms with van der Waals surface area (Å²) in [6, 6.07) is 4.29. The van der Waals surface area contributed by atoms with Gasteiger partial charge in [0.25, 0.3) is 0 Å². The standard InChI is InChI=1S/C17H24N2/c1-12-14(10-18)9-15(11-19-12)13-5-7-16(8-6-13)17(2,3)4/h9,11,13,16H,5-8H2,1-4H3. The average Bonchev–Trinajstić information content (AvgIpc) is 2.38. The van der Waals surface area contributed by atoms with E-state index >= 15 is 0 Å². The maximum absolute atomic E-state index is 9.10. The Labute approximate surface area is 116 Å². The first-order valence-electron chi connectivity index (χ1n) is 7.28. The predicted octanol–water partition coefficient (Wildman–Crippen LogP) is 4.58. The normalized spacial score (nSPS) is 23.9. The van der Waals surface area contributed by atoms with Gasteiger partial charge in [0.05, 0.1) is 11.3 Å². The molecule has 1 aliphatic carbocycles. The number of hydrogen-bond donors (Lipinski definition) is 0. The summed E-state index contributed by atoms with van der Waals surface area (Å²) < 4.78 is 0. The van der Waals surface area contributed by atoms with E-state index in [0.29, 0.717) is 11.3 Å². The van der Waals surface area contributed by atoms with Gasteiger partial charge < -0.3 is 0 Å². The minimum Gasteiger partial charge on any atom is -0.260 e. The lowest BCUT2D eigenvalue weighted by Gasteiger charge is -2.37. The predicted molar refractivity (Wildman–Crippen MR) is 77.8 cm³/mol. The van der Waals surface area contributed by atoms with Gasteiger partial charge in [0.1, 0.15) is 6.07 Å². The van der Waals surface area contributed by atoms with Crippen molar-refractivity contribution in [3.63, 3.8) is 0 Å². The first kappa shape index (κ1) is 14.1. The Balaban J connectivity index is 2.08. The molecule has 0 N–H and O–H groups in total. The zero-order valence-electron chi connectivity index (χ0n) is 12.5. The molecule has 102 valence electrons. The summed E-state index contributed by atoms with van der Waals surface area (Å²) in [4.78, 5) is 4.37. The molecule has 0 unspecified atom stereocenters. The molecular formula is C17H24N2. The van der Waals surface area contributed by atoms with Crippen LogP contribution >= 0.6 is 0 Å². The highest BCUT2D eigenvalue weighted by Crippen LogP contribution is 2.43. The Bertz CT molecular complexity index is 483. The molecule has 2 heteroatoms. The summed E-state index contributed by atoms with van der Waals surface area (Å²) in [5.41, 5.74) is 3.26. The van der Waals surface area contributed by atoms with E-state index in [9.17, 15) is 0 Å². The molecule has 0 aliphatic heterocycles. The number of rotatable bonds is 1. The van der Waals surface area contributed by atoms with Crippen LogP contribution in [0.2, 0.25) is 0 Å². The number of aryl methyl sites for hydroxylation is 1. The first-order chi connectivity index (χ1) is 8.91. The summed E-state index contributed by atoms with van der Waals surface area (Å²) in [6.45, 7) is 8.94. The van der Waals surface area contributed by atoms with E-state index in [0.717, 1.165) is 17.2 Å². The van der Waals surface area contributed by atoms with Crippen LogP contribution in [0.4, 0.5) is 0 Å². The molecule has 1 aliphatic rings. The van der Waals surface area contributed by atoms with Crippen LogP contribution in [0.1, 0.15) is 69.2 Å². The first-order valence-corrected chi connectivity index (χ1v) is 7.28. The summed E-state index contributed by atoms with van der Waals surface area (Å²) in [6.07, 6.45) is 7.03. The largest absolute Gasteiger partial charge is 0.260 e. The van der Waals surface area contributed by atoms with E-state index in [4.69, 9.17) is 5.26 Å². The second-order valence-corrected chi connectivity index (χ2v) is 6.93. The third-order valence-electron chi connectivity index (χ3n) is 4.65. The molecule has 0 bridgehead atoms. The molecule has 19 heavy (non-hydrogen) atoms. The van der Waals surface area contributed by atoms with Gasteiger partial charge in [-0.2, -0.15) is 5.26 Å². The highest BCUT2D eigenvalue weighted by atomic mass is 14.7. The molecule has 1 fully saturated rings. The Kier molecular flexibility index (Phi) is 3.94. The minimum absolute atomic E-state index is 0.425. The highest BCUT2D eigenvalue weighted by Gasteiger charge is 2.30. The summed E-state index contributed by atoms with van der Waals surface area (Å²) in [7, 11) is 0. The van der Waals surface area contributed by atoms with Gasteiger partial charge in [-0.1, -0.05) is 20.8 Å². The molecule has 2 rings (SSSR count). The van der Waals surface area contributed by atoms with Crippen molar-refractivity contribution in [1.82, 2.24) is 4.98 Å². The molecule has 0 radical (unpaired) electrons. The molecule has 1 saturated carbocycles. The zero-order valence-corrected chi connectivity index (χ0v) is 12.5. The van der Waals surface area contributed by atoms with Gasteiger partial charge in [0.15, 0.2) is 0 Å². The SMILES string of the molecule is Cc1ncc(C2CCC(C(C)(C)C)CC2)cc1C#N. The Morgan fingerprint density at radius 3 is 2.37 bits per heavy atom. The van der Waals surface area contributed by atoms with Crippen LogP contribution in [-0.4, -0.2) is 4.98 Å². The van der Waals surface area contributed by atoms with Gasteiger partial charge in [-0.25, -0.2) is 0 Å². The third-order valence-corrected chi connectivity index (χ3v) is 4.65. The summed E-state index contributed by atoms with van der Waals surface area (Å²) in [5, 5.41) is 9.10. The van der Waals surface area contributed by atoms with Crippen LogP contribution in [0.15, 0.2) is 12.3 Å². The van der Waals surface area contributed by atoms with E-state index < -0.39 is 0 Å². The van der Waals surface area contributed by atoms with E-state index in [1.54, 1.807) is 0 Å². The maximum Gasteiger partial charge on any atom is 0.101 e. The number of nitrogens with zero attached hydrogens (tertiary/aromatic N) is 2. The lowest BCUT2D eigenvalue weighted by molar-refractivity contribution is 0.169. The van der Waals surface area contributed by atoms with Crippen molar-refractivity contribution >= 4 is 0 Å². The molecule has 1 aromatic heterocycles. The number of hydrogen-bond acceptors (Lipinski definition) is 2. The van der Waals surface area contributed by atoms with Crippen LogP contribution in [0.3, 0.4) is 0 Å². The maximum atomic E-state index is 9.10. The second-order valence-electron chi connectivity index (χ2n) is 6.93. The van der Waals surface area contributed by atoms with Gasteiger partial charge in [-0.15, -0.1) is 0 Å². The van der Waals surface area contributed by atoms with Gasteiger partial charge in [0.2, 0.25) is 0 Å². The van der Waals surface area contributed by atoms with Gasteiger partial charge >= 0.3 is 0 Å². The van der Waals surface area contributed by atoms with Gasteiger partial charge in [0, 0.05) is 6.20 Å². The third kappa shape index (κ3) is 3.15. The van der Waals surface area contributed by atoms with E-state index in [2.05, 4.69) is 31.8 Å². The molecule has 2 nitrogen and oxygen atoms in total. The number of pyridine rings is 1. The summed E-state index contributed by atoms with van der Waals surface area (Å²) >= 11 is 0. The Morgan fingerprint density at radius 2 is 1.84 bits per heavy atom. The molecule has 1 aromatic rings. The fourth-order valence-electron chi connectivity index (χ4n) is 3.18. The fourth-order valence-corrected chi connectivity index (χ4v) is 3.18. The van der Waals surface area contributed by atoms with Gasteiger partial charge in [-0.3, -0.25) is 4.98 Å². The van der Waals surface area contributed by atoms with E-state index in [1.165, 1.54) is 31.2 Å². The zero-order chi connectivity index (χ0) is 14.0. The topological polar surface area (TPSA) is 36.7 Å². The quantitative estimate of drug-likeness (QED) is 0.737. The molecule has 0 spiro atoms. The number of aromatic nitrogens is 1. The molecule has 0 amide bonds. The molecular weight excluding hydrogens is 232 g/mol. The van der Waals surface area contributed by atoms with E-state index in [-0.39, 0.29) is 0 Å². The van der Waals surface area contributed by atoms with Crippen LogP contribution in [0, 0.1) is 29.6 Å². The van der Waals surface area contributed by atoms with Crippen LogP contribution < -0.4 is 0 Å². The van der Waals surface area contributed by atoms with Crippen molar-refractivity contribution in [2.75, 3.05) is 0 Å². The number of nitriles is 1. The van der Waals surface area contributed by atoms with Crippen molar-refractivity contribution in [2.45, 2.75) is 59.3 Å². The van der Waals surface area contributed by atoms with Crippen molar-refractivity contribution in [2.24, 2.45) is 11.3 Å². The fraction of sp³-hybridized carbons (Fsp3) is 0.647. The molecule has 0 saturated heterocycles. The van der Waals surface area contributed by atoms with Crippen LogP contribution in [0.25, 0.3) is 0 Å². The summed E-state index contributed by atoms with van der Waals surface area (Å²) in [5.74, 6) is 1.43. The molecule has 1 heterocycles. The lowest BCUT2D eigenvalue weighted by atomic mass is 9.69. The van der Waals surface area contributed by atoms with Crippen molar-refractivity contribution in [3.05, 3.63) is 29.1 Å². The second kappa shape index (κ2) is 5.33. The molecule has 0 aromatic carbocycles. The van der Waals surface area contributed by atoms with Crippen molar-refractivity contribution in [3.8, 4) is 6.07 Å². The van der Waals surface area contributed by atoms with Crippen LogP contribution in [-0.2, 0) is 0 Å². The van der Waals surface area contributed by atoms with E-state index in [1.807, 2.05) is 19.2 Å². The molecule has 0 atom stereocenters. The van der Waals surface area contributed by atoms with Gasteiger partial charge in [-0.05, 0) is 61.5 Å². The smallest absolute Gasteiger partial charge is 0.101 e. The van der Waals surface area contributed by atoms with Crippen molar-refractivity contribution < 1.29 is 0 Å². The Morgan fingerprint density at radius 1 is 1.21 bits per heavy atom. The van der Waals surface area contributed by atoms with Crippen LogP contribution in [0.5, 0.6) is 0 Å². The average molecular weight is 256 g/mol. The Hall–Kier alpha value is -1.36. The lowest BCUT2D eigenvalue weighted by Crippen LogP contribution is -2.25.